The minimum Gasteiger partial charge on any atom is -0.373 e. The largest absolute Gasteiger partial charge is 0.373 e. The zero-order valence-electron chi connectivity index (χ0n) is 25.0. The van der Waals surface area contributed by atoms with Gasteiger partial charge in [-0.1, -0.05) is 48.6 Å². The van der Waals surface area contributed by atoms with Crippen molar-refractivity contribution >= 4 is 30.0 Å². The molecule has 2 aromatic carbocycles. The molecule has 0 aliphatic carbocycles. The fourth-order valence-corrected chi connectivity index (χ4v) is 5.55. The van der Waals surface area contributed by atoms with Crippen molar-refractivity contribution in [1.29, 1.82) is 0 Å². The molecule has 2 N–H and O–H groups in total. The maximum Gasteiger partial charge on any atom is 0.243 e. The summed E-state index contributed by atoms with van der Waals surface area (Å²) in [4.78, 5) is 40.4. The van der Waals surface area contributed by atoms with Gasteiger partial charge in [-0.3, -0.25) is 24.6 Å². The summed E-state index contributed by atoms with van der Waals surface area (Å²) in [6.07, 6.45) is 6.37. The first-order chi connectivity index (χ1) is 20.4. The van der Waals surface area contributed by atoms with Crippen molar-refractivity contribution < 1.29 is 19.1 Å². The SMILES string of the molecule is C=Cc1ccc(N2CCN(C=O)CC2)cc1CN(C)C1CCC(=O)NC1=O.Cc1ccc(COC2CCNCC2)cc1. The van der Waals surface area contributed by atoms with Crippen molar-refractivity contribution in [1.82, 2.24) is 20.4 Å². The first-order valence-electron chi connectivity index (χ1n) is 15.0. The van der Waals surface area contributed by atoms with Gasteiger partial charge in [0.2, 0.25) is 18.2 Å². The van der Waals surface area contributed by atoms with Crippen molar-refractivity contribution in [2.45, 2.75) is 57.9 Å². The molecule has 3 aliphatic heterocycles. The van der Waals surface area contributed by atoms with Crippen LogP contribution in [-0.2, 0) is 32.3 Å². The summed E-state index contributed by atoms with van der Waals surface area (Å²) in [6, 6.07) is 14.5. The lowest BCUT2D eigenvalue weighted by molar-refractivity contribution is -0.137. The number of rotatable bonds is 9. The molecule has 0 bridgehead atoms. The minimum absolute atomic E-state index is 0.201. The number of piperazine rings is 1. The number of anilines is 1. The summed E-state index contributed by atoms with van der Waals surface area (Å²) in [5.41, 5.74) is 5.81. The van der Waals surface area contributed by atoms with Gasteiger partial charge in [0.15, 0.2) is 0 Å². The van der Waals surface area contributed by atoms with Gasteiger partial charge in [0.05, 0.1) is 18.8 Å². The maximum atomic E-state index is 12.1. The van der Waals surface area contributed by atoms with Crippen LogP contribution < -0.4 is 15.5 Å². The van der Waals surface area contributed by atoms with Crippen molar-refractivity contribution in [3.05, 3.63) is 71.3 Å². The molecule has 3 amide bonds. The number of carbonyl (C=O) groups is 3. The summed E-state index contributed by atoms with van der Waals surface area (Å²) >= 11 is 0. The van der Waals surface area contributed by atoms with Crippen LogP contribution in [0.25, 0.3) is 6.08 Å². The third-order valence-electron chi connectivity index (χ3n) is 8.23. The van der Waals surface area contributed by atoms with Gasteiger partial charge in [0, 0.05) is 44.8 Å². The number of amides is 3. The smallest absolute Gasteiger partial charge is 0.243 e. The third-order valence-corrected chi connectivity index (χ3v) is 8.23. The van der Waals surface area contributed by atoms with Crippen molar-refractivity contribution in [2.24, 2.45) is 0 Å². The number of imide groups is 1. The molecule has 42 heavy (non-hydrogen) atoms. The van der Waals surface area contributed by atoms with Crippen LogP contribution in [0.5, 0.6) is 0 Å². The molecule has 0 aromatic heterocycles. The first-order valence-corrected chi connectivity index (χ1v) is 15.0. The van der Waals surface area contributed by atoms with Gasteiger partial charge in [0.25, 0.3) is 0 Å². The van der Waals surface area contributed by atoms with Crippen LogP contribution >= 0.6 is 0 Å². The van der Waals surface area contributed by atoms with E-state index < -0.39 is 0 Å². The molecular weight excluding hydrogens is 530 g/mol. The number of piperidine rings is 2. The van der Waals surface area contributed by atoms with Crippen molar-refractivity contribution in [3.63, 3.8) is 0 Å². The fourth-order valence-electron chi connectivity index (χ4n) is 5.55. The number of nitrogens with one attached hydrogen (secondary N) is 2. The highest BCUT2D eigenvalue weighted by atomic mass is 16.5. The molecule has 0 saturated carbocycles. The van der Waals surface area contributed by atoms with E-state index in [1.807, 2.05) is 24.1 Å². The van der Waals surface area contributed by atoms with Gasteiger partial charge in [-0.25, -0.2) is 0 Å². The number of nitrogens with zero attached hydrogens (tertiary/aromatic N) is 3. The Morgan fingerprint density at radius 2 is 1.74 bits per heavy atom. The Kier molecular flexibility index (Phi) is 11.7. The molecule has 226 valence electrons. The molecule has 5 rings (SSSR count). The van der Waals surface area contributed by atoms with Gasteiger partial charge >= 0.3 is 0 Å². The molecule has 1 unspecified atom stereocenters. The molecular formula is C33H45N5O4. The van der Waals surface area contributed by atoms with Crippen LogP contribution in [0, 0.1) is 6.92 Å². The van der Waals surface area contributed by atoms with Gasteiger partial charge in [0.1, 0.15) is 0 Å². The zero-order chi connectivity index (χ0) is 29.9. The molecule has 3 fully saturated rings. The third kappa shape index (κ3) is 8.98. The lowest BCUT2D eigenvalue weighted by Crippen LogP contribution is -2.51. The number of benzene rings is 2. The van der Waals surface area contributed by atoms with Crippen LogP contribution in [0.15, 0.2) is 49.0 Å². The summed E-state index contributed by atoms with van der Waals surface area (Å²) in [5, 5.41) is 5.76. The summed E-state index contributed by atoms with van der Waals surface area (Å²) in [5.74, 6) is -0.428. The predicted octanol–water partition coefficient (Wildman–Crippen LogP) is 3.11. The summed E-state index contributed by atoms with van der Waals surface area (Å²) in [6.45, 7) is 12.6. The first kappa shape index (κ1) is 31.4. The molecule has 9 nitrogen and oxygen atoms in total. The average Bonchev–Trinajstić information content (AvgIpc) is 3.01. The van der Waals surface area contributed by atoms with Crippen LogP contribution in [0.4, 0.5) is 5.69 Å². The lowest BCUT2D eigenvalue weighted by atomic mass is 10.0. The highest BCUT2D eigenvalue weighted by Crippen LogP contribution is 2.24. The number of carbonyl (C=O) groups excluding carboxylic acids is 3. The summed E-state index contributed by atoms with van der Waals surface area (Å²) < 4.78 is 5.87. The average molecular weight is 576 g/mol. The monoisotopic (exact) mass is 575 g/mol. The van der Waals surface area contributed by atoms with Crippen molar-refractivity contribution in [2.75, 3.05) is 51.2 Å². The Labute approximate surface area is 249 Å². The Morgan fingerprint density at radius 3 is 2.38 bits per heavy atom. The molecule has 3 aliphatic rings. The Bertz CT molecular complexity index is 1200. The van der Waals surface area contributed by atoms with E-state index in [0.717, 1.165) is 81.9 Å². The molecule has 2 aromatic rings. The maximum absolute atomic E-state index is 12.1. The molecule has 9 heteroatoms. The van der Waals surface area contributed by atoms with Crippen LogP contribution in [0.1, 0.15) is 47.9 Å². The normalized spacial score (nSPS) is 19.6. The van der Waals surface area contributed by atoms with E-state index >= 15 is 0 Å². The van der Waals surface area contributed by atoms with Gasteiger partial charge in [-0.2, -0.15) is 0 Å². The molecule has 1 atom stereocenters. The number of ether oxygens (including phenoxy) is 1. The zero-order valence-corrected chi connectivity index (χ0v) is 25.0. The molecule has 0 radical (unpaired) electrons. The summed E-state index contributed by atoms with van der Waals surface area (Å²) in [7, 11) is 1.91. The van der Waals surface area contributed by atoms with Gasteiger partial charge < -0.3 is 19.9 Å². The second kappa shape index (κ2) is 15.6. The number of hydrogen-bond acceptors (Lipinski definition) is 7. The number of likely N-dealkylation sites (N-methyl/N-ethyl adjacent to an activating group) is 1. The lowest BCUT2D eigenvalue weighted by Gasteiger charge is -2.35. The second-order valence-corrected chi connectivity index (χ2v) is 11.3. The van der Waals surface area contributed by atoms with E-state index in [2.05, 4.69) is 65.4 Å². The number of aryl methyl sites for hydroxylation is 1. The highest BCUT2D eigenvalue weighted by Gasteiger charge is 2.30. The van der Waals surface area contributed by atoms with E-state index in [1.54, 1.807) is 4.90 Å². The van der Waals surface area contributed by atoms with Crippen molar-refractivity contribution in [3.8, 4) is 0 Å². The Morgan fingerprint density at radius 1 is 1.02 bits per heavy atom. The minimum atomic E-state index is -0.305. The highest BCUT2D eigenvalue weighted by molar-refractivity contribution is 6.00. The standard InChI is InChI=1S/C20H26N4O3.C13H19NO/c1-3-15-4-5-17(24-10-8-23(14-25)9-11-24)12-16(15)13-22(2)18-6-7-19(26)21-20(18)27;1-11-2-4-12(5-3-11)10-15-13-6-8-14-9-7-13/h3-5,12,14,18H,1,6-11,13H2,2H3,(H,21,26,27);2-5,13-14H,6-10H2,1H3. The van der Waals surface area contributed by atoms with Crippen LogP contribution in [-0.4, -0.2) is 86.5 Å². The van der Waals surface area contributed by atoms with Gasteiger partial charge in [-0.05, 0) is 75.1 Å². The Hall–Kier alpha value is -3.53. The van der Waals surface area contributed by atoms with E-state index in [0.29, 0.717) is 25.5 Å². The van der Waals surface area contributed by atoms with Crippen LogP contribution in [0.3, 0.4) is 0 Å². The van der Waals surface area contributed by atoms with E-state index in [4.69, 9.17) is 4.74 Å². The van der Waals surface area contributed by atoms with Crippen LogP contribution in [0.2, 0.25) is 0 Å². The number of hydrogen-bond donors (Lipinski definition) is 2. The topological polar surface area (TPSA) is 94.2 Å². The Balaban J connectivity index is 0.000000227. The predicted molar refractivity (Wildman–Crippen MR) is 166 cm³/mol. The fraction of sp³-hybridized carbons (Fsp3) is 0.485. The second-order valence-electron chi connectivity index (χ2n) is 11.3. The molecule has 3 saturated heterocycles. The van der Waals surface area contributed by atoms with E-state index in [1.165, 1.54) is 11.1 Å². The van der Waals surface area contributed by atoms with E-state index in [-0.39, 0.29) is 17.9 Å². The molecule has 0 spiro atoms. The quantitative estimate of drug-likeness (QED) is 0.351. The van der Waals surface area contributed by atoms with Gasteiger partial charge in [-0.15, -0.1) is 0 Å². The molecule has 3 heterocycles. The van der Waals surface area contributed by atoms with E-state index in [9.17, 15) is 14.4 Å².